The summed E-state index contributed by atoms with van der Waals surface area (Å²) in [6.07, 6.45) is 29.0. The molecule has 2 atom stereocenters. The van der Waals surface area contributed by atoms with Crippen molar-refractivity contribution in [3.63, 3.8) is 0 Å². The first kappa shape index (κ1) is 36.1. The Morgan fingerprint density at radius 2 is 1.27 bits per heavy atom. The smallest absolute Gasteiger partial charge is 0.261 e. The predicted octanol–water partition coefficient (Wildman–Crippen LogP) is 10.2. The van der Waals surface area contributed by atoms with Crippen molar-refractivity contribution in [2.75, 3.05) is 31.1 Å². The highest BCUT2D eigenvalue weighted by molar-refractivity contribution is 5.83. The number of hydrogen-bond donors (Lipinski definition) is 0. The summed E-state index contributed by atoms with van der Waals surface area (Å²) in [6, 6.07) is 16.4. The van der Waals surface area contributed by atoms with Gasteiger partial charge in [-0.25, -0.2) is 4.98 Å². The molecule has 2 aliphatic rings. The van der Waals surface area contributed by atoms with Crippen LogP contribution in [0.4, 0.5) is 5.69 Å². The lowest BCUT2D eigenvalue weighted by Gasteiger charge is -2.32. The summed E-state index contributed by atoms with van der Waals surface area (Å²) in [5.41, 5.74) is 3.22. The van der Waals surface area contributed by atoms with Crippen molar-refractivity contribution in [2.45, 2.75) is 141 Å². The van der Waals surface area contributed by atoms with E-state index in [0.29, 0.717) is 22.8 Å². The van der Waals surface area contributed by atoms with E-state index in [9.17, 15) is 10.1 Å². The zero-order chi connectivity index (χ0) is 33.4. The lowest BCUT2D eigenvalue weighted by Crippen LogP contribution is -2.36. The first-order valence-corrected chi connectivity index (χ1v) is 19.6. The van der Waals surface area contributed by atoms with Crippen LogP contribution in [0.5, 0.6) is 0 Å². The summed E-state index contributed by atoms with van der Waals surface area (Å²) in [5, 5.41) is 10.1. The highest BCUT2D eigenvalue weighted by atomic mass is 16.1. The molecule has 2 aromatic carbocycles. The van der Waals surface area contributed by atoms with Crippen LogP contribution < -0.4 is 10.5 Å². The third-order valence-corrected chi connectivity index (χ3v) is 11.0. The van der Waals surface area contributed by atoms with Gasteiger partial charge < -0.3 is 9.80 Å². The van der Waals surface area contributed by atoms with Crippen molar-refractivity contribution < 1.29 is 0 Å². The SMILES string of the molecule is Cn1c(-c2cccc(C#N)c2)nc2cc(N3CCN4CCCCCCCCCCCCCCCCCCCCCC3CC4)ccc2c1=O. The van der Waals surface area contributed by atoms with Gasteiger partial charge in [-0.15, -0.1) is 0 Å². The third-order valence-electron chi connectivity index (χ3n) is 11.0. The van der Waals surface area contributed by atoms with Crippen LogP contribution in [0.15, 0.2) is 47.3 Å². The standard InChI is InChI=1S/C42H61N5O/c1-45-41(36-23-21-22-35(32-36)34-43)44-40-33-38(25-26-39(40)42(45)48)47-31-30-46-28-20-18-16-14-12-10-8-6-4-2-3-5-7-9-11-13-15-17-19-24-37(47)27-29-46/h21-23,25-26,32-33,37H,2-20,24,27-31H2,1H3. The Labute approximate surface area is 290 Å². The van der Waals surface area contributed by atoms with Crippen LogP contribution >= 0.6 is 0 Å². The average molecular weight is 652 g/mol. The zero-order valence-corrected chi connectivity index (χ0v) is 29.9. The molecule has 1 aromatic heterocycles. The number of nitrogens with zero attached hydrogens (tertiary/aromatic N) is 5. The van der Waals surface area contributed by atoms with Gasteiger partial charge in [0.15, 0.2) is 0 Å². The summed E-state index contributed by atoms with van der Waals surface area (Å²) in [7, 11) is 1.77. The predicted molar refractivity (Wildman–Crippen MR) is 202 cm³/mol. The Bertz CT molecular complexity index is 1510. The molecular weight excluding hydrogens is 590 g/mol. The Hall–Kier alpha value is -3.17. The molecule has 0 spiro atoms. The van der Waals surface area contributed by atoms with E-state index in [1.165, 1.54) is 154 Å². The van der Waals surface area contributed by atoms with E-state index in [4.69, 9.17) is 4.98 Å². The molecule has 0 amide bonds. The number of hydrogen-bond acceptors (Lipinski definition) is 5. The van der Waals surface area contributed by atoms with Gasteiger partial charge in [0, 0.05) is 44.0 Å². The molecule has 6 nitrogen and oxygen atoms in total. The second-order valence-electron chi connectivity index (χ2n) is 14.7. The summed E-state index contributed by atoms with van der Waals surface area (Å²) in [4.78, 5) is 23.9. The quantitative estimate of drug-likeness (QED) is 0.276. The lowest BCUT2D eigenvalue weighted by molar-refractivity contribution is 0.281. The fourth-order valence-corrected chi connectivity index (χ4v) is 8.04. The fraction of sp³-hybridized carbons (Fsp3) is 0.643. The van der Waals surface area contributed by atoms with Crippen LogP contribution in [0.1, 0.15) is 140 Å². The van der Waals surface area contributed by atoms with E-state index in [-0.39, 0.29) is 5.56 Å². The molecule has 0 aliphatic carbocycles. The maximum Gasteiger partial charge on any atom is 0.261 e. The average Bonchev–Trinajstić information content (AvgIpc) is 3.32. The number of rotatable bonds is 2. The Morgan fingerprint density at radius 3 is 1.90 bits per heavy atom. The summed E-state index contributed by atoms with van der Waals surface area (Å²) in [6.45, 7) is 4.48. The van der Waals surface area contributed by atoms with E-state index < -0.39 is 0 Å². The number of aromatic nitrogens is 2. The summed E-state index contributed by atoms with van der Waals surface area (Å²) < 4.78 is 1.61. The van der Waals surface area contributed by atoms with Gasteiger partial charge in [0.1, 0.15) is 5.82 Å². The maximum absolute atomic E-state index is 13.5. The minimum atomic E-state index is -0.0503. The molecule has 2 bridgehead atoms. The minimum Gasteiger partial charge on any atom is -0.367 e. The van der Waals surface area contributed by atoms with Crippen LogP contribution in [-0.2, 0) is 7.05 Å². The van der Waals surface area contributed by atoms with Gasteiger partial charge in [-0.3, -0.25) is 9.36 Å². The molecule has 2 fully saturated rings. The van der Waals surface area contributed by atoms with Crippen molar-refractivity contribution >= 4 is 16.6 Å². The van der Waals surface area contributed by atoms with Gasteiger partial charge in [0.2, 0.25) is 0 Å². The topological polar surface area (TPSA) is 65.2 Å². The molecule has 0 radical (unpaired) electrons. The van der Waals surface area contributed by atoms with Crippen LogP contribution in [0.3, 0.4) is 0 Å². The highest BCUT2D eigenvalue weighted by Crippen LogP contribution is 2.28. The van der Waals surface area contributed by atoms with Gasteiger partial charge in [0.25, 0.3) is 5.56 Å². The molecule has 0 N–H and O–H groups in total. The van der Waals surface area contributed by atoms with E-state index in [1.807, 2.05) is 24.3 Å². The maximum atomic E-state index is 13.5. The van der Waals surface area contributed by atoms with Gasteiger partial charge >= 0.3 is 0 Å². The number of fused-ring (bicyclic) bond motifs is 4. The molecule has 5 rings (SSSR count). The van der Waals surface area contributed by atoms with Crippen LogP contribution in [0, 0.1) is 11.3 Å². The van der Waals surface area contributed by atoms with Crippen LogP contribution in [0.25, 0.3) is 22.3 Å². The largest absolute Gasteiger partial charge is 0.367 e. The Morgan fingerprint density at radius 1 is 0.667 bits per heavy atom. The van der Waals surface area contributed by atoms with Gasteiger partial charge in [-0.2, -0.15) is 5.26 Å². The van der Waals surface area contributed by atoms with Crippen LogP contribution in [0.2, 0.25) is 0 Å². The summed E-state index contributed by atoms with van der Waals surface area (Å²) in [5.74, 6) is 0.601. The van der Waals surface area contributed by atoms with E-state index in [0.717, 1.165) is 24.2 Å². The number of nitriles is 1. The third kappa shape index (κ3) is 10.7. The first-order chi connectivity index (χ1) is 23.6. The van der Waals surface area contributed by atoms with Gasteiger partial charge in [-0.1, -0.05) is 128 Å². The Kier molecular flexibility index (Phi) is 14.8. The number of anilines is 1. The molecular formula is C42H61N5O. The molecule has 3 heterocycles. The molecule has 48 heavy (non-hydrogen) atoms. The normalized spacial score (nSPS) is 22.3. The van der Waals surface area contributed by atoms with E-state index in [2.05, 4.69) is 28.0 Å². The Balaban J connectivity index is 1.29. The van der Waals surface area contributed by atoms with Crippen molar-refractivity contribution in [3.05, 3.63) is 58.4 Å². The number of benzene rings is 2. The van der Waals surface area contributed by atoms with Gasteiger partial charge in [-0.05, 0) is 56.1 Å². The lowest BCUT2D eigenvalue weighted by atomic mass is 10.0. The van der Waals surface area contributed by atoms with Crippen molar-refractivity contribution in [1.82, 2.24) is 14.5 Å². The van der Waals surface area contributed by atoms with Crippen molar-refractivity contribution in [1.29, 1.82) is 5.26 Å². The molecule has 260 valence electrons. The zero-order valence-electron chi connectivity index (χ0n) is 29.9. The van der Waals surface area contributed by atoms with Crippen LogP contribution in [-0.4, -0.2) is 46.7 Å². The monoisotopic (exact) mass is 651 g/mol. The minimum absolute atomic E-state index is 0.0503. The fourth-order valence-electron chi connectivity index (χ4n) is 8.04. The molecule has 3 aromatic rings. The molecule has 0 saturated carbocycles. The van der Waals surface area contributed by atoms with E-state index >= 15 is 0 Å². The molecule has 2 aliphatic heterocycles. The van der Waals surface area contributed by atoms with Crippen molar-refractivity contribution in [2.24, 2.45) is 7.05 Å². The highest BCUT2D eigenvalue weighted by Gasteiger charge is 2.25. The second-order valence-corrected chi connectivity index (χ2v) is 14.7. The first-order valence-electron chi connectivity index (χ1n) is 19.6. The van der Waals surface area contributed by atoms with E-state index in [1.54, 1.807) is 17.7 Å². The molecule has 2 unspecified atom stereocenters. The second kappa shape index (κ2) is 19.7. The van der Waals surface area contributed by atoms with Gasteiger partial charge in [0.05, 0.1) is 22.5 Å². The molecule has 6 heteroatoms. The summed E-state index contributed by atoms with van der Waals surface area (Å²) >= 11 is 0. The van der Waals surface area contributed by atoms with Crippen molar-refractivity contribution in [3.8, 4) is 17.5 Å². The molecule has 2 saturated heterocycles.